The fraction of sp³-hybridized carbons (Fsp3) is 0.500. The van der Waals surface area contributed by atoms with Crippen LogP contribution in [0, 0.1) is 0 Å². The molecule has 0 fully saturated rings. The Morgan fingerprint density at radius 1 is 1.24 bits per heavy atom. The number of rotatable bonds is 10. The van der Waals surface area contributed by atoms with E-state index in [0.717, 1.165) is 5.56 Å². The van der Waals surface area contributed by atoms with Crippen LogP contribution in [-0.2, 0) is 27.4 Å². The number of carbonyl (C=O) groups is 3. The zero-order chi connectivity index (χ0) is 24.9. The minimum atomic E-state index is -1.24. The largest absolute Gasteiger partial charge is 0.496 e. The molecule has 0 radical (unpaired) electrons. The van der Waals surface area contributed by atoms with Gasteiger partial charge in [0.2, 0.25) is 5.91 Å². The van der Waals surface area contributed by atoms with E-state index in [4.69, 9.17) is 14.2 Å². The van der Waals surface area contributed by atoms with Crippen LogP contribution in [0.5, 0.6) is 5.75 Å². The van der Waals surface area contributed by atoms with E-state index in [1.165, 1.54) is 22.9 Å². The molecular formula is C24H32N4O6. The van der Waals surface area contributed by atoms with Gasteiger partial charge in [-0.15, -0.1) is 0 Å². The van der Waals surface area contributed by atoms with E-state index in [2.05, 4.69) is 10.3 Å². The summed E-state index contributed by atoms with van der Waals surface area (Å²) in [5.41, 5.74) is -0.490. The molecule has 0 bridgehead atoms. The lowest BCUT2D eigenvalue weighted by molar-refractivity contribution is -0.133. The van der Waals surface area contributed by atoms with Crippen molar-refractivity contribution in [3.63, 3.8) is 0 Å². The van der Waals surface area contributed by atoms with Crippen molar-refractivity contribution in [1.82, 2.24) is 19.8 Å². The lowest BCUT2D eigenvalue weighted by atomic mass is 9.93. The van der Waals surface area contributed by atoms with Gasteiger partial charge in [-0.2, -0.15) is 0 Å². The molecular weight excluding hydrogens is 440 g/mol. The highest BCUT2D eigenvalue weighted by atomic mass is 16.5. The van der Waals surface area contributed by atoms with Crippen LogP contribution in [0.15, 0.2) is 30.6 Å². The first kappa shape index (κ1) is 25.2. The number of imidazole rings is 1. The fourth-order valence-electron chi connectivity index (χ4n) is 3.97. The predicted molar refractivity (Wildman–Crippen MR) is 124 cm³/mol. The third kappa shape index (κ3) is 5.06. The summed E-state index contributed by atoms with van der Waals surface area (Å²) in [6.07, 6.45) is 2.15. The van der Waals surface area contributed by atoms with E-state index >= 15 is 0 Å². The van der Waals surface area contributed by atoms with Gasteiger partial charge in [-0.25, -0.2) is 9.78 Å². The molecule has 1 aromatic heterocycles. The van der Waals surface area contributed by atoms with Crippen molar-refractivity contribution >= 4 is 17.8 Å². The first-order valence-corrected chi connectivity index (χ1v) is 11.2. The summed E-state index contributed by atoms with van der Waals surface area (Å²) in [6, 6.07) is 7.29. The van der Waals surface area contributed by atoms with Gasteiger partial charge in [-0.05, 0) is 33.3 Å². The first-order chi connectivity index (χ1) is 16.2. The number of aromatic nitrogens is 2. The van der Waals surface area contributed by atoms with E-state index in [9.17, 15) is 14.4 Å². The number of para-hydroxylation sites is 1. The molecule has 3 rings (SSSR count). The van der Waals surface area contributed by atoms with E-state index in [1.54, 1.807) is 20.1 Å². The monoisotopic (exact) mass is 472 g/mol. The number of benzene rings is 1. The molecule has 10 nitrogen and oxygen atoms in total. The van der Waals surface area contributed by atoms with Crippen LogP contribution in [-0.4, -0.2) is 71.2 Å². The second-order valence-electron chi connectivity index (χ2n) is 8.57. The minimum absolute atomic E-state index is 0.0779. The highest BCUT2D eigenvalue weighted by Gasteiger charge is 2.49. The summed E-state index contributed by atoms with van der Waals surface area (Å²) >= 11 is 0. The van der Waals surface area contributed by atoms with E-state index in [1.807, 2.05) is 32.0 Å². The molecule has 2 heterocycles. The van der Waals surface area contributed by atoms with Crippen LogP contribution in [0.3, 0.4) is 0 Å². The van der Waals surface area contributed by atoms with Crippen LogP contribution in [0.4, 0.5) is 0 Å². The van der Waals surface area contributed by atoms with Crippen molar-refractivity contribution in [3.05, 3.63) is 47.5 Å². The van der Waals surface area contributed by atoms with Gasteiger partial charge in [0.05, 0.1) is 39.7 Å². The second kappa shape index (κ2) is 10.7. The predicted octanol–water partition coefficient (Wildman–Crippen LogP) is 2.02. The van der Waals surface area contributed by atoms with Gasteiger partial charge in [0.25, 0.3) is 5.91 Å². The summed E-state index contributed by atoms with van der Waals surface area (Å²) in [4.78, 5) is 44.9. The average molecular weight is 473 g/mol. The molecule has 1 aliphatic rings. The van der Waals surface area contributed by atoms with E-state index in [-0.39, 0.29) is 36.5 Å². The van der Waals surface area contributed by atoms with Crippen LogP contribution >= 0.6 is 0 Å². The molecule has 1 aromatic carbocycles. The molecule has 34 heavy (non-hydrogen) atoms. The number of nitrogens with one attached hydrogen (secondary N) is 1. The molecule has 1 aliphatic heterocycles. The van der Waals surface area contributed by atoms with Crippen molar-refractivity contribution < 1.29 is 28.6 Å². The number of nitrogens with zero attached hydrogens (tertiary/aromatic N) is 3. The number of amides is 2. The summed E-state index contributed by atoms with van der Waals surface area (Å²) in [5.74, 6) is -0.913. The molecule has 0 saturated carbocycles. The highest BCUT2D eigenvalue weighted by molar-refractivity contribution is 6.06. The van der Waals surface area contributed by atoms with Gasteiger partial charge < -0.3 is 29.0 Å². The molecule has 1 atom stereocenters. The molecule has 0 saturated heterocycles. The van der Waals surface area contributed by atoms with Crippen molar-refractivity contribution in [2.24, 2.45) is 0 Å². The number of carbonyl (C=O) groups excluding carboxylic acids is 3. The first-order valence-electron chi connectivity index (χ1n) is 11.2. The van der Waals surface area contributed by atoms with Crippen LogP contribution < -0.4 is 10.1 Å². The van der Waals surface area contributed by atoms with Crippen molar-refractivity contribution in [2.75, 3.05) is 27.4 Å². The minimum Gasteiger partial charge on any atom is -0.496 e. The Morgan fingerprint density at radius 2 is 1.97 bits per heavy atom. The molecule has 2 aromatic rings. The average Bonchev–Trinajstić information content (AvgIpc) is 3.24. The molecule has 1 unspecified atom stereocenters. The number of ether oxygens (including phenoxy) is 3. The van der Waals surface area contributed by atoms with Gasteiger partial charge in [0, 0.05) is 18.7 Å². The molecule has 184 valence electrons. The smallest absolute Gasteiger partial charge is 0.359 e. The third-order valence-corrected chi connectivity index (χ3v) is 5.81. The number of fused-ring (bicyclic) bond motifs is 1. The molecule has 1 N–H and O–H groups in total. The molecule has 2 amide bonds. The zero-order valence-corrected chi connectivity index (χ0v) is 20.3. The summed E-state index contributed by atoms with van der Waals surface area (Å²) < 4.78 is 17.3. The standard InChI is InChI=1S/C24H32N4O6/c1-16(2)34-12-8-11-25-23(31)24(3)14-27-15-26-19(22(30)33-5)20(27)21(29)28(24)13-17-9-6-7-10-18(17)32-4/h6-7,9-10,15-16H,8,11-14H2,1-5H3,(H,25,31). The maximum atomic E-state index is 13.7. The topological polar surface area (TPSA) is 112 Å². The summed E-state index contributed by atoms with van der Waals surface area (Å²) in [7, 11) is 2.78. The number of esters is 1. The van der Waals surface area contributed by atoms with Crippen LogP contribution in [0.2, 0.25) is 0 Å². The lowest BCUT2D eigenvalue weighted by Crippen LogP contribution is -2.63. The Bertz CT molecular complexity index is 1050. The molecule has 10 heteroatoms. The third-order valence-electron chi connectivity index (χ3n) is 5.81. The van der Waals surface area contributed by atoms with Gasteiger partial charge in [0.1, 0.15) is 17.0 Å². The van der Waals surface area contributed by atoms with E-state index < -0.39 is 17.4 Å². The van der Waals surface area contributed by atoms with Gasteiger partial charge in [-0.3, -0.25) is 9.59 Å². The van der Waals surface area contributed by atoms with Gasteiger partial charge in [-0.1, -0.05) is 18.2 Å². The quantitative estimate of drug-likeness (QED) is 0.416. The Morgan fingerprint density at radius 3 is 2.65 bits per heavy atom. The zero-order valence-electron chi connectivity index (χ0n) is 20.3. The Hall–Kier alpha value is -3.40. The Kier molecular flexibility index (Phi) is 7.93. The fourth-order valence-corrected chi connectivity index (χ4v) is 3.97. The number of hydrogen-bond acceptors (Lipinski definition) is 7. The van der Waals surface area contributed by atoms with Crippen molar-refractivity contribution in [1.29, 1.82) is 0 Å². The highest BCUT2D eigenvalue weighted by Crippen LogP contribution is 2.32. The maximum Gasteiger partial charge on any atom is 0.359 e. The number of hydrogen-bond donors (Lipinski definition) is 1. The van der Waals surface area contributed by atoms with Gasteiger partial charge >= 0.3 is 5.97 Å². The normalized spacial score (nSPS) is 17.5. The van der Waals surface area contributed by atoms with Crippen LogP contribution in [0.25, 0.3) is 0 Å². The second-order valence-corrected chi connectivity index (χ2v) is 8.57. The lowest BCUT2D eigenvalue weighted by Gasteiger charge is -2.44. The van der Waals surface area contributed by atoms with Crippen LogP contribution in [0.1, 0.15) is 53.7 Å². The van der Waals surface area contributed by atoms with Crippen molar-refractivity contribution in [2.45, 2.75) is 51.9 Å². The summed E-state index contributed by atoms with van der Waals surface area (Å²) in [5, 5.41) is 2.93. The molecule has 0 spiro atoms. The van der Waals surface area contributed by atoms with Crippen molar-refractivity contribution in [3.8, 4) is 5.75 Å². The Balaban J connectivity index is 1.93. The van der Waals surface area contributed by atoms with Gasteiger partial charge in [0.15, 0.2) is 5.69 Å². The molecule has 0 aliphatic carbocycles. The Labute approximate surface area is 199 Å². The van der Waals surface area contributed by atoms with E-state index in [0.29, 0.717) is 25.3 Å². The number of methoxy groups -OCH3 is 2. The maximum absolute atomic E-state index is 13.7. The summed E-state index contributed by atoms with van der Waals surface area (Å²) in [6.45, 7) is 6.77. The SMILES string of the molecule is COC(=O)c1ncn2c1C(=O)N(Cc1ccccc1OC)C(C)(C(=O)NCCCOC(C)C)C2.